The van der Waals surface area contributed by atoms with Gasteiger partial charge in [-0.1, -0.05) is 35.9 Å². The van der Waals surface area contributed by atoms with E-state index in [2.05, 4.69) is 20.5 Å². The topological polar surface area (TPSA) is 81.4 Å². The van der Waals surface area contributed by atoms with Crippen molar-refractivity contribution in [2.24, 2.45) is 0 Å². The summed E-state index contributed by atoms with van der Waals surface area (Å²) in [4.78, 5) is 17.1. The summed E-state index contributed by atoms with van der Waals surface area (Å²) in [6, 6.07) is 22.3. The van der Waals surface area contributed by atoms with Crippen molar-refractivity contribution in [3.05, 3.63) is 90.3 Å². The van der Waals surface area contributed by atoms with Gasteiger partial charge < -0.3 is 10.1 Å². The van der Waals surface area contributed by atoms with Crippen molar-refractivity contribution in [1.29, 1.82) is 0 Å². The van der Waals surface area contributed by atoms with Crippen molar-refractivity contribution < 1.29 is 9.53 Å². The fourth-order valence-corrected chi connectivity index (χ4v) is 3.20. The molecular weight excluding hydrogens is 378 g/mol. The molecule has 0 radical (unpaired) electrons. The lowest BCUT2D eigenvalue weighted by Gasteiger charge is -2.10. The highest BCUT2D eigenvalue weighted by Crippen LogP contribution is 2.28. The van der Waals surface area contributed by atoms with E-state index in [4.69, 9.17) is 4.74 Å². The lowest BCUT2D eigenvalue weighted by Crippen LogP contribution is -2.11. The number of carbonyl (C=O) groups excluding carboxylic acids is 1. The first kappa shape index (κ1) is 17.8. The molecule has 0 fully saturated rings. The van der Waals surface area contributed by atoms with Crippen LogP contribution in [0.1, 0.15) is 15.9 Å². The number of carbonyl (C=O) groups is 1. The number of fused-ring (bicyclic) bond motifs is 3. The smallest absolute Gasteiger partial charge is 0.266 e. The van der Waals surface area contributed by atoms with Gasteiger partial charge in [0.25, 0.3) is 11.8 Å². The van der Waals surface area contributed by atoms with Crippen LogP contribution in [0.15, 0.2) is 79.1 Å². The van der Waals surface area contributed by atoms with Gasteiger partial charge in [-0.15, -0.1) is 10.2 Å². The van der Waals surface area contributed by atoms with Gasteiger partial charge in [-0.3, -0.25) is 9.20 Å². The van der Waals surface area contributed by atoms with Crippen LogP contribution in [0.5, 0.6) is 11.6 Å². The van der Waals surface area contributed by atoms with Crippen molar-refractivity contribution in [3.63, 3.8) is 0 Å². The van der Waals surface area contributed by atoms with E-state index in [0.29, 0.717) is 28.5 Å². The molecule has 0 bridgehead atoms. The summed E-state index contributed by atoms with van der Waals surface area (Å²) >= 11 is 0. The van der Waals surface area contributed by atoms with Gasteiger partial charge in [-0.25, -0.2) is 4.98 Å². The summed E-state index contributed by atoms with van der Waals surface area (Å²) in [6.07, 6.45) is 1.63. The molecule has 1 amide bonds. The number of anilines is 1. The van der Waals surface area contributed by atoms with Crippen molar-refractivity contribution in [2.45, 2.75) is 6.92 Å². The van der Waals surface area contributed by atoms with Crippen LogP contribution < -0.4 is 10.1 Å². The number of aryl methyl sites for hydroxylation is 1. The zero-order valence-corrected chi connectivity index (χ0v) is 16.1. The summed E-state index contributed by atoms with van der Waals surface area (Å²) < 4.78 is 7.85. The van der Waals surface area contributed by atoms with E-state index < -0.39 is 0 Å². The van der Waals surface area contributed by atoms with Gasteiger partial charge >= 0.3 is 0 Å². The van der Waals surface area contributed by atoms with E-state index in [9.17, 15) is 4.79 Å². The molecule has 3 aromatic carbocycles. The third-order valence-electron chi connectivity index (χ3n) is 4.72. The third-order valence-corrected chi connectivity index (χ3v) is 4.72. The summed E-state index contributed by atoms with van der Waals surface area (Å²) in [5, 5.41) is 11.0. The molecule has 7 nitrogen and oxygen atoms in total. The highest BCUT2D eigenvalue weighted by atomic mass is 16.5. The predicted octanol–water partition coefficient (Wildman–Crippen LogP) is 4.63. The summed E-state index contributed by atoms with van der Waals surface area (Å²) in [6.45, 7) is 1.98. The fraction of sp³-hybridized carbons (Fsp3) is 0.0435. The number of hydrogen-bond acceptors (Lipinski definition) is 5. The van der Waals surface area contributed by atoms with Gasteiger partial charge in [-0.05, 0) is 43.3 Å². The predicted molar refractivity (Wildman–Crippen MR) is 114 cm³/mol. The molecule has 2 aromatic heterocycles. The lowest BCUT2D eigenvalue weighted by atomic mass is 10.1. The molecule has 0 unspecified atom stereocenters. The molecule has 7 heteroatoms. The van der Waals surface area contributed by atoms with Gasteiger partial charge in [0.05, 0.1) is 11.0 Å². The van der Waals surface area contributed by atoms with Crippen molar-refractivity contribution in [2.75, 3.05) is 5.32 Å². The third kappa shape index (κ3) is 3.33. The molecule has 0 saturated carbocycles. The van der Waals surface area contributed by atoms with Crippen LogP contribution in [0, 0.1) is 6.92 Å². The Kier molecular flexibility index (Phi) is 4.33. The van der Waals surface area contributed by atoms with Crippen LogP contribution >= 0.6 is 0 Å². The maximum Gasteiger partial charge on any atom is 0.266 e. The summed E-state index contributed by atoms with van der Waals surface area (Å²) in [5.74, 6) is 0.688. The minimum absolute atomic E-state index is 0.184. The Hall–Kier alpha value is -4.26. The van der Waals surface area contributed by atoms with E-state index in [1.165, 1.54) is 0 Å². The van der Waals surface area contributed by atoms with Crippen molar-refractivity contribution >= 4 is 28.3 Å². The number of ether oxygens (including phenoxy) is 1. The van der Waals surface area contributed by atoms with Crippen LogP contribution in [-0.4, -0.2) is 25.5 Å². The molecule has 5 aromatic rings. The van der Waals surface area contributed by atoms with Gasteiger partial charge in [0.2, 0.25) is 5.65 Å². The molecular formula is C23H17N5O2. The Morgan fingerprint density at radius 2 is 1.83 bits per heavy atom. The van der Waals surface area contributed by atoms with Gasteiger partial charge in [0.1, 0.15) is 12.1 Å². The van der Waals surface area contributed by atoms with E-state index in [-0.39, 0.29) is 5.91 Å². The SMILES string of the molecule is Cc1ccc(C(=O)Nc2cccc(Oc3nc4ccccc4n4cnnc34)c2)cc1. The van der Waals surface area contributed by atoms with Crippen molar-refractivity contribution in [1.82, 2.24) is 19.6 Å². The number of nitrogens with zero attached hydrogens (tertiary/aromatic N) is 4. The largest absolute Gasteiger partial charge is 0.436 e. The Bertz CT molecular complexity index is 1380. The van der Waals surface area contributed by atoms with E-state index in [1.54, 1.807) is 36.7 Å². The maximum atomic E-state index is 12.5. The molecule has 2 heterocycles. The van der Waals surface area contributed by atoms with E-state index >= 15 is 0 Å². The molecule has 146 valence electrons. The number of nitrogens with one attached hydrogen (secondary N) is 1. The van der Waals surface area contributed by atoms with E-state index in [1.807, 2.05) is 53.8 Å². The zero-order chi connectivity index (χ0) is 20.5. The summed E-state index contributed by atoms with van der Waals surface area (Å²) in [7, 11) is 0. The fourth-order valence-electron chi connectivity index (χ4n) is 3.20. The molecule has 30 heavy (non-hydrogen) atoms. The molecule has 0 aliphatic carbocycles. The minimum Gasteiger partial charge on any atom is -0.436 e. The van der Waals surface area contributed by atoms with Gasteiger partial charge in [-0.2, -0.15) is 0 Å². The van der Waals surface area contributed by atoms with Crippen LogP contribution in [0.4, 0.5) is 5.69 Å². The second-order valence-electron chi connectivity index (χ2n) is 6.88. The number of aromatic nitrogens is 4. The number of para-hydroxylation sites is 2. The standard InChI is InChI=1S/C23H17N5O2/c1-15-9-11-16(12-10-15)22(29)25-17-5-4-6-18(13-17)30-23-21-27-24-14-28(21)20-8-3-2-7-19(20)26-23/h2-14H,1H3,(H,25,29). The van der Waals surface area contributed by atoms with Crippen LogP contribution in [-0.2, 0) is 0 Å². The minimum atomic E-state index is -0.184. The quantitative estimate of drug-likeness (QED) is 0.480. The second kappa shape index (κ2) is 7.29. The van der Waals surface area contributed by atoms with Gasteiger partial charge in [0.15, 0.2) is 0 Å². The normalized spacial score (nSPS) is 11.0. The van der Waals surface area contributed by atoms with Crippen LogP contribution in [0.2, 0.25) is 0 Å². The van der Waals surface area contributed by atoms with Crippen LogP contribution in [0.3, 0.4) is 0 Å². The molecule has 1 N–H and O–H groups in total. The van der Waals surface area contributed by atoms with Crippen LogP contribution in [0.25, 0.3) is 16.7 Å². The molecule has 0 aliphatic heterocycles. The zero-order valence-electron chi connectivity index (χ0n) is 16.1. The van der Waals surface area contributed by atoms with E-state index in [0.717, 1.165) is 16.6 Å². The summed E-state index contributed by atoms with van der Waals surface area (Å²) in [5.41, 5.74) is 4.49. The Morgan fingerprint density at radius 1 is 1.00 bits per heavy atom. The molecule has 0 aliphatic rings. The Balaban J connectivity index is 1.44. The molecule has 0 spiro atoms. The maximum absolute atomic E-state index is 12.5. The number of rotatable bonds is 4. The molecule has 5 rings (SSSR count). The number of amides is 1. The average molecular weight is 395 g/mol. The highest BCUT2D eigenvalue weighted by molar-refractivity contribution is 6.04. The number of hydrogen-bond donors (Lipinski definition) is 1. The Morgan fingerprint density at radius 3 is 2.70 bits per heavy atom. The lowest BCUT2D eigenvalue weighted by molar-refractivity contribution is 0.102. The first-order chi connectivity index (χ1) is 14.7. The average Bonchev–Trinajstić information content (AvgIpc) is 3.25. The van der Waals surface area contributed by atoms with Gasteiger partial charge in [0, 0.05) is 17.3 Å². The first-order valence-corrected chi connectivity index (χ1v) is 9.42. The molecule has 0 atom stereocenters. The highest BCUT2D eigenvalue weighted by Gasteiger charge is 2.13. The Labute approximate surface area is 172 Å². The molecule has 0 saturated heterocycles. The van der Waals surface area contributed by atoms with Crippen molar-refractivity contribution in [3.8, 4) is 11.6 Å². The first-order valence-electron chi connectivity index (χ1n) is 9.42. The number of benzene rings is 3. The second-order valence-corrected chi connectivity index (χ2v) is 6.88. The monoisotopic (exact) mass is 395 g/mol.